The predicted octanol–water partition coefficient (Wildman–Crippen LogP) is 2.35. The molecular weight excluding hydrogens is 216 g/mol. The molecule has 2 fully saturated rings. The van der Waals surface area contributed by atoms with Crippen molar-refractivity contribution >= 4 is 11.8 Å². The number of likely N-dealkylation sites (tertiary alicyclic amines) is 1. The summed E-state index contributed by atoms with van der Waals surface area (Å²) in [5, 5.41) is 3.65. The molecule has 2 saturated heterocycles. The second-order valence-electron chi connectivity index (χ2n) is 5.58. The van der Waals surface area contributed by atoms with Crippen molar-refractivity contribution in [3.63, 3.8) is 0 Å². The van der Waals surface area contributed by atoms with Crippen LogP contribution in [0.4, 0.5) is 0 Å². The maximum Gasteiger partial charge on any atom is 0.0259 e. The van der Waals surface area contributed by atoms with E-state index in [0.29, 0.717) is 4.75 Å². The molecule has 16 heavy (non-hydrogen) atoms. The van der Waals surface area contributed by atoms with Crippen LogP contribution >= 0.6 is 11.8 Å². The van der Waals surface area contributed by atoms with Gasteiger partial charge in [0, 0.05) is 23.9 Å². The van der Waals surface area contributed by atoms with Crippen molar-refractivity contribution in [3.05, 3.63) is 0 Å². The van der Waals surface area contributed by atoms with Crippen LogP contribution in [0.25, 0.3) is 0 Å². The smallest absolute Gasteiger partial charge is 0.0259 e. The molecule has 0 saturated carbocycles. The standard InChI is InChI=1S/C13H26N2S/c1-3-7-14-12-5-8-15(10-12)11-13(2)6-4-9-16-13/h12,14H,3-11H2,1-2H3. The maximum atomic E-state index is 3.65. The van der Waals surface area contributed by atoms with E-state index in [9.17, 15) is 0 Å². The Balaban J connectivity index is 1.72. The third-order valence-corrected chi connectivity index (χ3v) is 5.34. The lowest BCUT2D eigenvalue weighted by Gasteiger charge is -2.29. The van der Waals surface area contributed by atoms with Gasteiger partial charge in [-0.3, -0.25) is 0 Å². The molecule has 3 heteroatoms. The van der Waals surface area contributed by atoms with Gasteiger partial charge in [0.15, 0.2) is 0 Å². The highest BCUT2D eigenvalue weighted by Gasteiger charge is 2.33. The van der Waals surface area contributed by atoms with Crippen LogP contribution in [0.2, 0.25) is 0 Å². The molecule has 0 spiro atoms. The highest BCUT2D eigenvalue weighted by Crippen LogP contribution is 2.38. The van der Waals surface area contributed by atoms with E-state index in [1.807, 2.05) is 0 Å². The van der Waals surface area contributed by atoms with Crippen molar-refractivity contribution in [2.24, 2.45) is 0 Å². The Morgan fingerprint density at radius 2 is 2.38 bits per heavy atom. The number of thioether (sulfide) groups is 1. The number of rotatable bonds is 5. The Morgan fingerprint density at radius 3 is 3.06 bits per heavy atom. The first-order valence-electron chi connectivity index (χ1n) is 6.81. The van der Waals surface area contributed by atoms with Gasteiger partial charge in [-0.15, -0.1) is 0 Å². The van der Waals surface area contributed by atoms with Gasteiger partial charge in [0.1, 0.15) is 0 Å². The summed E-state index contributed by atoms with van der Waals surface area (Å²) < 4.78 is 0.555. The topological polar surface area (TPSA) is 15.3 Å². The summed E-state index contributed by atoms with van der Waals surface area (Å²) in [5.41, 5.74) is 0. The van der Waals surface area contributed by atoms with Gasteiger partial charge < -0.3 is 10.2 Å². The van der Waals surface area contributed by atoms with E-state index in [-0.39, 0.29) is 0 Å². The fourth-order valence-electron chi connectivity index (χ4n) is 2.93. The molecule has 0 aromatic rings. The number of hydrogen-bond acceptors (Lipinski definition) is 3. The highest BCUT2D eigenvalue weighted by molar-refractivity contribution is 8.00. The summed E-state index contributed by atoms with van der Waals surface area (Å²) in [6.45, 7) is 9.77. The van der Waals surface area contributed by atoms with Crippen LogP contribution in [0, 0.1) is 0 Å². The summed E-state index contributed by atoms with van der Waals surface area (Å²) in [6, 6.07) is 0.759. The zero-order valence-electron chi connectivity index (χ0n) is 10.8. The molecule has 2 aliphatic heterocycles. The molecule has 0 aliphatic carbocycles. The minimum Gasteiger partial charge on any atom is -0.313 e. The minimum atomic E-state index is 0.555. The quantitative estimate of drug-likeness (QED) is 0.797. The number of nitrogens with zero attached hydrogens (tertiary/aromatic N) is 1. The molecule has 2 aliphatic rings. The van der Waals surface area contributed by atoms with Crippen LogP contribution in [-0.4, -0.2) is 47.6 Å². The Labute approximate surface area is 105 Å². The predicted molar refractivity (Wildman–Crippen MR) is 73.2 cm³/mol. The molecule has 2 nitrogen and oxygen atoms in total. The van der Waals surface area contributed by atoms with Crippen molar-refractivity contribution < 1.29 is 0 Å². The molecule has 2 heterocycles. The Bertz CT molecular complexity index is 214. The largest absolute Gasteiger partial charge is 0.313 e. The van der Waals surface area contributed by atoms with E-state index >= 15 is 0 Å². The lowest BCUT2D eigenvalue weighted by atomic mass is 10.1. The van der Waals surface area contributed by atoms with Crippen molar-refractivity contribution in [2.75, 3.05) is 31.9 Å². The zero-order chi connectivity index (χ0) is 11.4. The van der Waals surface area contributed by atoms with Gasteiger partial charge in [0.25, 0.3) is 0 Å². The average molecular weight is 242 g/mol. The highest BCUT2D eigenvalue weighted by atomic mass is 32.2. The van der Waals surface area contributed by atoms with E-state index in [1.54, 1.807) is 0 Å². The van der Waals surface area contributed by atoms with Gasteiger partial charge in [-0.25, -0.2) is 0 Å². The van der Waals surface area contributed by atoms with E-state index in [1.165, 1.54) is 57.6 Å². The summed E-state index contributed by atoms with van der Waals surface area (Å²) in [7, 11) is 0. The second kappa shape index (κ2) is 5.74. The molecule has 0 radical (unpaired) electrons. The molecule has 0 aromatic heterocycles. The SMILES string of the molecule is CCCNC1CCN(CC2(C)CCCS2)C1. The van der Waals surface area contributed by atoms with Crippen molar-refractivity contribution in [1.29, 1.82) is 0 Å². The van der Waals surface area contributed by atoms with Crippen molar-refractivity contribution in [2.45, 2.75) is 50.3 Å². The molecule has 0 amide bonds. The van der Waals surface area contributed by atoms with Gasteiger partial charge in [0.05, 0.1) is 0 Å². The first-order chi connectivity index (χ1) is 7.72. The molecule has 0 aromatic carbocycles. The van der Waals surface area contributed by atoms with Gasteiger partial charge in [-0.2, -0.15) is 11.8 Å². The molecule has 94 valence electrons. The van der Waals surface area contributed by atoms with E-state index in [0.717, 1.165) is 6.04 Å². The maximum absolute atomic E-state index is 3.65. The van der Waals surface area contributed by atoms with Crippen molar-refractivity contribution in [3.8, 4) is 0 Å². The normalized spacial score (nSPS) is 36.0. The molecule has 1 N–H and O–H groups in total. The van der Waals surface area contributed by atoms with E-state index in [2.05, 4.69) is 35.8 Å². The van der Waals surface area contributed by atoms with Crippen LogP contribution in [0.3, 0.4) is 0 Å². The fourth-order valence-corrected chi connectivity index (χ4v) is 4.27. The van der Waals surface area contributed by atoms with Crippen LogP contribution in [-0.2, 0) is 0 Å². The average Bonchev–Trinajstić information content (AvgIpc) is 2.85. The minimum absolute atomic E-state index is 0.555. The molecule has 2 atom stereocenters. The summed E-state index contributed by atoms with van der Waals surface area (Å²) >= 11 is 2.19. The van der Waals surface area contributed by atoms with Crippen LogP contribution < -0.4 is 5.32 Å². The summed E-state index contributed by atoms with van der Waals surface area (Å²) in [4.78, 5) is 2.67. The lowest BCUT2D eigenvalue weighted by molar-refractivity contribution is 0.294. The Hall–Kier alpha value is 0.270. The van der Waals surface area contributed by atoms with E-state index < -0.39 is 0 Å². The number of hydrogen-bond donors (Lipinski definition) is 1. The van der Waals surface area contributed by atoms with Gasteiger partial charge in [-0.1, -0.05) is 6.92 Å². The molecule has 2 rings (SSSR count). The Morgan fingerprint density at radius 1 is 1.50 bits per heavy atom. The van der Waals surface area contributed by atoms with Crippen molar-refractivity contribution in [1.82, 2.24) is 10.2 Å². The second-order valence-corrected chi connectivity index (χ2v) is 7.26. The molecule has 0 bridgehead atoms. The molecule has 2 unspecified atom stereocenters. The number of nitrogens with one attached hydrogen (secondary N) is 1. The molecular formula is C13H26N2S. The van der Waals surface area contributed by atoms with Gasteiger partial charge in [-0.05, 0) is 51.4 Å². The summed E-state index contributed by atoms with van der Waals surface area (Å²) in [5.74, 6) is 1.38. The van der Waals surface area contributed by atoms with E-state index in [4.69, 9.17) is 0 Å². The van der Waals surface area contributed by atoms with Gasteiger partial charge >= 0.3 is 0 Å². The third-order valence-electron chi connectivity index (χ3n) is 3.81. The van der Waals surface area contributed by atoms with Crippen LogP contribution in [0.15, 0.2) is 0 Å². The zero-order valence-corrected chi connectivity index (χ0v) is 11.6. The first kappa shape index (κ1) is 12.7. The first-order valence-corrected chi connectivity index (χ1v) is 7.80. The van der Waals surface area contributed by atoms with Crippen LogP contribution in [0.1, 0.15) is 39.5 Å². The van der Waals surface area contributed by atoms with Gasteiger partial charge in [0.2, 0.25) is 0 Å². The third kappa shape index (κ3) is 3.38. The summed E-state index contributed by atoms with van der Waals surface area (Å²) in [6.07, 6.45) is 5.44. The fraction of sp³-hybridized carbons (Fsp3) is 1.00. The van der Waals surface area contributed by atoms with Crippen LogP contribution in [0.5, 0.6) is 0 Å². The Kier molecular flexibility index (Phi) is 4.57. The lowest BCUT2D eigenvalue weighted by Crippen LogP contribution is -2.38. The monoisotopic (exact) mass is 242 g/mol.